The van der Waals surface area contributed by atoms with Crippen LogP contribution in [0.1, 0.15) is 50.3 Å². The highest BCUT2D eigenvalue weighted by molar-refractivity contribution is 5.52. The molecule has 6 heteroatoms. The lowest BCUT2D eigenvalue weighted by molar-refractivity contribution is 0.288. The Labute approximate surface area is 135 Å². The van der Waals surface area contributed by atoms with E-state index in [1.54, 1.807) is 13.2 Å². The zero-order valence-electron chi connectivity index (χ0n) is 13.6. The highest BCUT2D eigenvalue weighted by Crippen LogP contribution is 2.34. The first kappa shape index (κ1) is 15.9. The third-order valence-corrected chi connectivity index (χ3v) is 4.84. The lowest BCUT2D eigenvalue weighted by Gasteiger charge is -2.21. The smallest absolute Gasteiger partial charge is 0.250 e. The van der Waals surface area contributed by atoms with E-state index in [4.69, 9.17) is 10.3 Å². The van der Waals surface area contributed by atoms with E-state index in [-0.39, 0.29) is 11.5 Å². The van der Waals surface area contributed by atoms with Gasteiger partial charge in [0.2, 0.25) is 11.7 Å². The summed E-state index contributed by atoms with van der Waals surface area (Å²) in [6.07, 6.45) is 9.15. The SMILES string of the molecule is Cn1ccc(-c2noc(C(CN)C3CCCCCC3)n2)cc1=O. The normalized spacial score (nSPS) is 17.8. The molecule has 1 atom stereocenters. The van der Waals surface area contributed by atoms with Gasteiger partial charge in [-0.3, -0.25) is 4.79 Å². The molecule has 2 aromatic rings. The van der Waals surface area contributed by atoms with Crippen LogP contribution in [-0.2, 0) is 7.05 Å². The number of aryl methyl sites for hydroxylation is 1. The summed E-state index contributed by atoms with van der Waals surface area (Å²) < 4.78 is 7.00. The minimum Gasteiger partial charge on any atom is -0.339 e. The van der Waals surface area contributed by atoms with Crippen molar-refractivity contribution in [2.24, 2.45) is 18.7 Å². The van der Waals surface area contributed by atoms with Gasteiger partial charge in [-0.15, -0.1) is 0 Å². The summed E-state index contributed by atoms with van der Waals surface area (Å²) in [6.45, 7) is 0.517. The summed E-state index contributed by atoms with van der Waals surface area (Å²) in [6, 6.07) is 3.34. The van der Waals surface area contributed by atoms with Crippen LogP contribution in [0, 0.1) is 5.92 Å². The van der Waals surface area contributed by atoms with E-state index >= 15 is 0 Å². The van der Waals surface area contributed by atoms with Crippen molar-refractivity contribution in [1.29, 1.82) is 0 Å². The molecule has 0 aliphatic heterocycles. The summed E-state index contributed by atoms with van der Waals surface area (Å²) in [4.78, 5) is 16.3. The number of pyridine rings is 1. The monoisotopic (exact) mass is 316 g/mol. The van der Waals surface area contributed by atoms with E-state index in [0.29, 0.717) is 29.7 Å². The number of rotatable bonds is 4. The molecule has 0 aromatic carbocycles. The molecular weight excluding hydrogens is 292 g/mol. The summed E-state index contributed by atoms with van der Waals surface area (Å²) in [5.74, 6) is 1.69. The van der Waals surface area contributed by atoms with Crippen LogP contribution >= 0.6 is 0 Å². The Kier molecular flexibility index (Phi) is 4.91. The quantitative estimate of drug-likeness (QED) is 0.875. The van der Waals surface area contributed by atoms with Crippen LogP contribution in [0.4, 0.5) is 0 Å². The molecule has 23 heavy (non-hydrogen) atoms. The van der Waals surface area contributed by atoms with E-state index in [0.717, 1.165) is 0 Å². The Morgan fingerprint density at radius 1 is 1.35 bits per heavy atom. The van der Waals surface area contributed by atoms with Crippen LogP contribution < -0.4 is 11.3 Å². The maximum absolute atomic E-state index is 11.8. The van der Waals surface area contributed by atoms with Gasteiger partial charge in [0.25, 0.3) is 5.56 Å². The van der Waals surface area contributed by atoms with Gasteiger partial charge in [0.15, 0.2) is 0 Å². The van der Waals surface area contributed by atoms with Gasteiger partial charge >= 0.3 is 0 Å². The van der Waals surface area contributed by atoms with Crippen molar-refractivity contribution in [2.75, 3.05) is 6.54 Å². The predicted molar refractivity (Wildman–Crippen MR) is 88.0 cm³/mol. The van der Waals surface area contributed by atoms with E-state index in [9.17, 15) is 4.79 Å². The van der Waals surface area contributed by atoms with Gasteiger partial charge in [0.05, 0.1) is 5.92 Å². The summed E-state index contributed by atoms with van der Waals surface area (Å²) in [7, 11) is 1.71. The zero-order chi connectivity index (χ0) is 16.2. The first-order chi connectivity index (χ1) is 11.2. The molecule has 1 aliphatic carbocycles. The van der Waals surface area contributed by atoms with Crippen LogP contribution in [-0.4, -0.2) is 21.3 Å². The summed E-state index contributed by atoms with van der Waals surface area (Å²) in [5, 5.41) is 4.05. The van der Waals surface area contributed by atoms with E-state index < -0.39 is 0 Å². The molecule has 0 amide bonds. The molecule has 1 unspecified atom stereocenters. The van der Waals surface area contributed by atoms with Crippen LogP contribution in [0.25, 0.3) is 11.4 Å². The third-order valence-electron chi connectivity index (χ3n) is 4.84. The summed E-state index contributed by atoms with van der Waals surface area (Å²) in [5.41, 5.74) is 6.59. The number of nitrogens with two attached hydrogens (primary N) is 1. The molecule has 2 aromatic heterocycles. The van der Waals surface area contributed by atoms with Gasteiger partial charge in [-0.2, -0.15) is 4.98 Å². The molecule has 124 valence electrons. The summed E-state index contributed by atoms with van der Waals surface area (Å²) >= 11 is 0. The zero-order valence-corrected chi connectivity index (χ0v) is 13.6. The van der Waals surface area contributed by atoms with Crippen molar-refractivity contribution < 1.29 is 4.52 Å². The fourth-order valence-corrected chi connectivity index (χ4v) is 3.40. The van der Waals surface area contributed by atoms with Gasteiger partial charge in [-0.25, -0.2) is 0 Å². The van der Waals surface area contributed by atoms with Crippen LogP contribution in [0.5, 0.6) is 0 Å². The van der Waals surface area contributed by atoms with Gasteiger partial charge < -0.3 is 14.8 Å². The molecule has 0 saturated heterocycles. The molecule has 0 spiro atoms. The first-order valence-corrected chi connectivity index (χ1v) is 8.40. The van der Waals surface area contributed by atoms with Crippen molar-refractivity contribution in [2.45, 2.75) is 44.4 Å². The lowest BCUT2D eigenvalue weighted by atomic mass is 9.86. The fraction of sp³-hybridized carbons (Fsp3) is 0.588. The number of hydrogen-bond donors (Lipinski definition) is 1. The molecule has 3 rings (SSSR count). The third kappa shape index (κ3) is 3.52. The lowest BCUT2D eigenvalue weighted by Crippen LogP contribution is -2.21. The second kappa shape index (κ2) is 7.08. The second-order valence-corrected chi connectivity index (χ2v) is 6.41. The average molecular weight is 316 g/mol. The minimum absolute atomic E-state index is 0.0898. The van der Waals surface area contributed by atoms with Crippen molar-refractivity contribution >= 4 is 0 Å². The topological polar surface area (TPSA) is 86.9 Å². The van der Waals surface area contributed by atoms with Crippen molar-refractivity contribution in [3.05, 3.63) is 34.6 Å². The molecule has 0 radical (unpaired) electrons. The molecule has 0 bridgehead atoms. The van der Waals surface area contributed by atoms with Gasteiger partial charge in [-0.05, 0) is 24.8 Å². The molecule has 2 N–H and O–H groups in total. The average Bonchev–Trinajstić information content (AvgIpc) is 2.87. The number of hydrogen-bond acceptors (Lipinski definition) is 5. The van der Waals surface area contributed by atoms with Crippen molar-refractivity contribution in [1.82, 2.24) is 14.7 Å². The van der Waals surface area contributed by atoms with Crippen LogP contribution in [0.3, 0.4) is 0 Å². The molecule has 1 saturated carbocycles. The van der Waals surface area contributed by atoms with Gasteiger partial charge in [0.1, 0.15) is 0 Å². The molecule has 2 heterocycles. The molecule has 1 aliphatic rings. The maximum atomic E-state index is 11.8. The fourth-order valence-electron chi connectivity index (χ4n) is 3.40. The Morgan fingerprint density at radius 2 is 2.09 bits per heavy atom. The van der Waals surface area contributed by atoms with Gasteiger partial charge in [0, 0.05) is 31.4 Å². The van der Waals surface area contributed by atoms with Gasteiger partial charge in [-0.1, -0.05) is 30.8 Å². The molecule has 1 fully saturated rings. The highest BCUT2D eigenvalue weighted by atomic mass is 16.5. The predicted octanol–water partition coefficient (Wildman–Crippen LogP) is 2.45. The van der Waals surface area contributed by atoms with Crippen LogP contribution in [0.15, 0.2) is 27.6 Å². The first-order valence-electron chi connectivity index (χ1n) is 8.40. The van der Waals surface area contributed by atoms with E-state index in [1.165, 1.54) is 49.2 Å². The van der Waals surface area contributed by atoms with Crippen molar-refractivity contribution in [3.8, 4) is 11.4 Å². The standard InChI is InChI=1S/C17H24N4O2/c1-21-9-8-13(10-15(21)22)16-19-17(23-20-16)14(11-18)12-6-4-2-3-5-7-12/h8-10,12,14H,2-7,11,18H2,1H3. The maximum Gasteiger partial charge on any atom is 0.250 e. The Balaban J connectivity index is 1.84. The highest BCUT2D eigenvalue weighted by Gasteiger charge is 2.28. The largest absolute Gasteiger partial charge is 0.339 e. The Morgan fingerprint density at radius 3 is 2.74 bits per heavy atom. The second-order valence-electron chi connectivity index (χ2n) is 6.41. The minimum atomic E-state index is -0.0898. The van der Waals surface area contributed by atoms with E-state index in [2.05, 4.69) is 10.1 Å². The number of nitrogens with zero attached hydrogens (tertiary/aromatic N) is 3. The number of aromatic nitrogens is 3. The van der Waals surface area contributed by atoms with Crippen molar-refractivity contribution in [3.63, 3.8) is 0 Å². The molecule has 6 nitrogen and oxygen atoms in total. The Hall–Kier alpha value is -1.95. The van der Waals surface area contributed by atoms with Crippen LogP contribution in [0.2, 0.25) is 0 Å². The van der Waals surface area contributed by atoms with E-state index in [1.807, 2.05) is 6.07 Å². The Bertz CT molecular complexity index is 699. The molecular formula is C17H24N4O2.